The molecule has 3 atom stereocenters. The van der Waals surface area contributed by atoms with Crippen LogP contribution in [-0.2, 0) is 10.0 Å². The number of piperidine rings is 1. The van der Waals surface area contributed by atoms with Gasteiger partial charge in [0.05, 0.1) is 10.9 Å². The van der Waals surface area contributed by atoms with E-state index in [9.17, 15) is 13.5 Å². The summed E-state index contributed by atoms with van der Waals surface area (Å²) in [5.41, 5.74) is 4.95. The molecule has 0 radical (unpaired) electrons. The van der Waals surface area contributed by atoms with Crippen LogP contribution >= 0.6 is 0 Å². The second kappa shape index (κ2) is 5.68. The molecule has 2 fully saturated rings. The molecule has 0 aromatic carbocycles. The average Bonchev–Trinajstić information content (AvgIpc) is 2.38. The Balaban J connectivity index is 2.12. The molecule has 1 saturated carbocycles. The molecule has 1 heterocycles. The Labute approximate surface area is 116 Å². The molecule has 0 bridgehead atoms. The summed E-state index contributed by atoms with van der Waals surface area (Å²) in [5.74, 6) is 0.0973. The van der Waals surface area contributed by atoms with Crippen molar-refractivity contribution in [2.24, 2.45) is 11.7 Å². The largest absolute Gasteiger partial charge is 0.390 e. The van der Waals surface area contributed by atoms with Gasteiger partial charge < -0.3 is 10.8 Å². The fourth-order valence-electron chi connectivity index (χ4n) is 3.48. The van der Waals surface area contributed by atoms with Crippen LogP contribution in [0, 0.1) is 5.92 Å². The zero-order valence-corrected chi connectivity index (χ0v) is 12.5. The Morgan fingerprint density at radius 3 is 2.79 bits per heavy atom. The van der Waals surface area contributed by atoms with Crippen LogP contribution in [0.3, 0.4) is 0 Å². The minimum absolute atomic E-state index is 0.0973. The molecule has 2 rings (SSSR count). The van der Waals surface area contributed by atoms with Crippen molar-refractivity contribution in [3.63, 3.8) is 0 Å². The lowest BCUT2D eigenvalue weighted by Crippen LogP contribution is -2.56. The third kappa shape index (κ3) is 2.82. The van der Waals surface area contributed by atoms with E-state index >= 15 is 0 Å². The Bertz CT molecular complexity index is 408. The van der Waals surface area contributed by atoms with Crippen LogP contribution in [0.4, 0.5) is 0 Å². The molecule has 0 amide bonds. The molecule has 19 heavy (non-hydrogen) atoms. The van der Waals surface area contributed by atoms with E-state index in [0.717, 1.165) is 25.7 Å². The molecule has 0 spiro atoms. The maximum atomic E-state index is 12.5. The van der Waals surface area contributed by atoms with Gasteiger partial charge in [0, 0.05) is 25.6 Å². The van der Waals surface area contributed by atoms with E-state index in [2.05, 4.69) is 0 Å². The third-order valence-electron chi connectivity index (χ3n) is 4.89. The van der Waals surface area contributed by atoms with E-state index < -0.39 is 20.9 Å². The van der Waals surface area contributed by atoms with Crippen LogP contribution in [-0.4, -0.2) is 48.3 Å². The minimum atomic E-state index is -3.30. The number of nitrogens with zero attached hydrogens (tertiary/aromatic N) is 1. The molecule has 0 aromatic rings. The van der Waals surface area contributed by atoms with E-state index in [0.29, 0.717) is 25.9 Å². The lowest BCUT2D eigenvalue weighted by atomic mass is 9.72. The Hall–Kier alpha value is -0.170. The number of nitrogens with two attached hydrogens (primary N) is 1. The van der Waals surface area contributed by atoms with Gasteiger partial charge >= 0.3 is 0 Å². The summed E-state index contributed by atoms with van der Waals surface area (Å²) in [7, 11) is -3.30. The molecule has 1 aliphatic carbocycles. The quantitative estimate of drug-likeness (QED) is 0.797. The van der Waals surface area contributed by atoms with Crippen molar-refractivity contribution in [2.45, 2.75) is 56.3 Å². The lowest BCUT2D eigenvalue weighted by molar-refractivity contribution is -0.0817. The van der Waals surface area contributed by atoms with Crippen molar-refractivity contribution in [1.29, 1.82) is 0 Å². The Morgan fingerprint density at radius 1 is 1.42 bits per heavy atom. The van der Waals surface area contributed by atoms with Crippen LogP contribution in [0.25, 0.3) is 0 Å². The van der Waals surface area contributed by atoms with Crippen LogP contribution in [0.15, 0.2) is 0 Å². The molecule has 0 aromatic heterocycles. The Kier molecular flexibility index (Phi) is 4.55. The van der Waals surface area contributed by atoms with E-state index in [1.165, 1.54) is 0 Å². The smallest absolute Gasteiger partial charge is 0.218 e. The number of sulfonamides is 1. The number of hydrogen-bond donors (Lipinski definition) is 2. The highest BCUT2D eigenvalue weighted by Gasteiger charge is 2.46. The van der Waals surface area contributed by atoms with Crippen molar-refractivity contribution >= 4 is 10.0 Å². The van der Waals surface area contributed by atoms with E-state index in [1.54, 1.807) is 4.31 Å². The maximum absolute atomic E-state index is 12.5. The van der Waals surface area contributed by atoms with Gasteiger partial charge in [-0.2, -0.15) is 0 Å². The van der Waals surface area contributed by atoms with Crippen LogP contribution in [0.2, 0.25) is 0 Å². The first-order valence-electron chi connectivity index (χ1n) is 7.35. The number of fused-ring (bicyclic) bond motifs is 1. The molecule has 3 N–H and O–H groups in total. The monoisotopic (exact) mass is 290 g/mol. The summed E-state index contributed by atoms with van der Waals surface area (Å²) in [6.45, 7) is 2.93. The predicted molar refractivity (Wildman–Crippen MR) is 75.2 cm³/mol. The highest BCUT2D eigenvalue weighted by molar-refractivity contribution is 7.89. The lowest BCUT2D eigenvalue weighted by Gasteiger charge is -2.47. The van der Waals surface area contributed by atoms with Gasteiger partial charge in [-0.25, -0.2) is 12.7 Å². The number of rotatable bonds is 4. The molecule has 1 saturated heterocycles. The highest BCUT2D eigenvalue weighted by Crippen LogP contribution is 2.40. The number of aliphatic hydroxyl groups is 1. The van der Waals surface area contributed by atoms with Gasteiger partial charge in [0.25, 0.3) is 0 Å². The summed E-state index contributed by atoms with van der Waals surface area (Å²) >= 11 is 0. The van der Waals surface area contributed by atoms with Crippen molar-refractivity contribution in [3.8, 4) is 0 Å². The fourth-order valence-corrected chi connectivity index (χ4v) is 5.30. The zero-order valence-electron chi connectivity index (χ0n) is 11.7. The third-order valence-corrected chi connectivity index (χ3v) is 7.31. The first kappa shape index (κ1) is 15.2. The summed E-state index contributed by atoms with van der Waals surface area (Å²) in [6, 6.07) is 0. The molecule has 112 valence electrons. The molecule has 2 aliphatic rings. The summed E-state index contributed by atoms with van der Waals surface area (Å²) in [5, 5.41) is 10.1. The SMILES string of the molecule is CCC(CN)S(=O)(=O)N1CCC2(O)CCCCC2C1. The van der Waals surface area contributed by atoms with Gasteiger partial charge in [0.2, 0.25) is 10.0 Å². The highest BCUT2D eigenvalue weighted by atomic mass is 32.2. The van der Waals surface area contributed by atoms with Crippen LogP contribution in [0.5, 0.6) is 0 Å². The van der Waals surface area contributed by atoms with E-state index in [4.69, 9.17) is 5.73 Å². The van der Waals surface area contributed by atoms with Gasteiger partial charge in [-0.3, -0.25) is 0 Å². The Morgan fingerprint density at radius 2 is 2.16 bits per heavy atom. The van der Waals surface area contributed by atoms with Gasteiger partial charge in [0.15, 0.2) is 0 Å². The summed E-state index contributed by atoms with van der Waals surface area (Å²) in [4.78, 5) is 0. The molecule has 1 aliphatic heterocycles. The topological polar surface area (TPSA) is 83.6 Å². The van der Waals surface area contributed by atoms with Crippen molar-refractivity contribution in [2.75, 3.05) is 19.6 Å². The maximum Gasteiger partial charge on any atom is 0.218 e. The predicted octanol–water partition coefficient (Wildman–Crippen LogP) is 0.681. The normalized spacial score (nSPS) is 34.8. The zero-order chi connectivity index (χ0) is 14.1. The van der Waals surface area contributed by atoms with Crippen LogP contribution < -0.4 is 5.73 Å². The van der Waals surface area contributed by atoms with Gasteiger partial charge in [-0.15, -0.1) is 0 Å². The summed E-state index contributed by atoms with van der Waals surface area (Å²) < 4.78 is 26.5. The molecule has 3 unspecified atom stereocenters. The molecular formula is C13H26N2O3S. The van der Waals surface area contributed by atoms with Crippen molar-refractivity contribution < 1.29 is 13.5 Å². The standard InChI is InChI=1S/C13H26N2O3S/c1-2-12(9-14)19(17,18)15-8-7-13(16)6-4-3-5-11(13)10-15/h11-12,16H,2-10,14H2,1H3. The average molecular weight is 290 g/mol. The molecule has 5 nitrogen and oxygen atoms in total. The van der Waals surface area contributed by atoms with Gasteiger partial charge in [0.1, 0.15) is 0 Å². The molecule has 6 heteroatoms. The van der Waals surface area contributed by atoms with E-state index in [-0.39, 0.29) is 12.5 Å². The number of hydrogen-bond acceptors (Lipinski definition) is 4. The fraction of sp³-hybridized carbons (Fsp3) is 1.00. The van der Waals surface area contributed by atoms with Gasteiger partial charge in [-0.1, -0.05) is 19.8 Å². The first-order valence-corrected chi connectivity index (χ1v) is 8.86. The van der Waals surface area contributed by atoms with Crippen molar-refractivity contribution in [3.05, 3.63) is 0 Å². The van der Waals surface area contributed by atoms with E-state index in [1.807, 2.05) is 6.92 Å². The van der Waals surface area contributed by atoms with Crippen LogP contribution in [0.1, 0.15) is 45.4 Å². The minimum Gasteiger partial charge on any atom is -0.390 e. The molecular weight excluding hydrogens is 264 g/mol. The van der Waals surface area contributed by atoms with Crippen molar-refractivity contribution in [1.82, 2.24) is 4.31 Å². The summed E-state index contributed by atoms with van der Waals surface area (Å²) in [6.07, 6.45) is 5.01. The van der Waals surface area contributed by atoms with Gasteiger partial charge in [-0.05, 0) is 25.7 Å². The first-order chi connectivity index (χ1) is 8.94. The second-order valence-corrected chi connectivity index (χ2v) is 8.18. The second-order valence-electron chi connectivity index (χ2n) is 5.97.